The van der Waals surface area contributed by atoms with Crippen molar-refractivity contribution in [3.8, 4) is 0 Å². The Morgan fingerprint density at radius 1 is 1.59 bits per heavy atom. The Bertz CT molecular complexity index is 467. The first-order valence-corrected chi connectivity index (χ1v) is 5.81. The number of hydrogen-bond donors (Lipinski definition) is 3. The number of likely N-dealkylation sites (tertiary alicyclic amines) is 1. The summed E-state index contributed by atoms with van der Waals surface area (Å²) in [6.45, 7) is 2.62. The van der Waals surface area contributed by atoms with Gasteiger partial charge in [0.15, 0.2) is 5.13 Å². The molecule has 0 bridgehead atoms. The summed E-state index contributed by atoms with van der Waals surface area (Å²) in [6.07, 6.45) is 0. The second-order valence-electron chi connectivity index (χ2n) is 3.83. The standard InChI is InChI=1S/C9H12N4O3S/c1-4-6(7(14)15)17-8(11-4)12-9(16)13-2-5(10)3-13/h5H,2-3,10H2,1H3,(H,14,15)(H,11,12,16). The van der Waals surface area contributed by atoms with Gasteiger partial charge in [0.1, 0.15) is 4.88 Å². The number of nitrogens with zero attached hydrogens (tertiary/aromatic N) is 2. The number of anilines is 1. The molecular weight excluding hydrogens is 244 g/mol. The molecule has 7 nitrogen and oxygen atoms in total. The van der Waals surface area contributed by atoms with Gasteiger partial charge in [0.25, 0.3) is 0 Å². The lowest BCUT2D eigenvalue weighted by molar-refractivity contribution is 0.0701. The van der Waals surface area contributed by atoms with Crippen LogP contribution in [0.15, 0.2) is 0 Å². The van der Waals surface area contributed by atoms with Crippen LogP contribution < -0.4 is 11.1 Å². The minimum absolute atomic E-state index is 0.0355. The third kappa shape index (κ3) is 2.37. The molecule has 0 radical (unpaired) electrons. The van der Waals surface area contributed by atoms with Crippen molar-refractivity contribution in [3.05, 3.63) is 10.6 Å². The summed E-state index contributed by atoms with van der Waals surface area (Å²) < 4.78 is 0. The molecule has 0 aliphatic carbocycles. The number of carbonyl (C=O) groups excluding carboxylic acids is 1. The molecular formula is C9H12N4O3S. The van der Waals surface area contributed by atoms with E-state index in [1.54, 1.807) is 11.8 Å². The van der Waals surface area contributed by atoms with E-state index in [0.717, 1.165) is 11.3 Å². The highest BCUT2D eigenvalue weighted by Crippen LogP contribution is 2.23. The Morgan fingerprint density at radius 3 is 2.71 bits per heavy atom. The second-order valence-corrected chi connectivity index (χ2v) is 4.83. The Labute approximate surface area is 101 Å². The van der Waals surface area contributed by atoms with Gasteiger partial charge in [-0.1, -0.05) is 11.3 Å². The molecule has 0 unspecified atom stereocenters. The molecule has 1 aromatic heterocycles. The number of hydrogen-bond acceptors (Lipinski definition) is 5. The molecule has 1 aromatic rings. The molecule has 1 aliphatic rings. The first-order chi connectivity index (χ1) is 7.97. The number of carboxylic acid groups (broad SMARTS) is 1. The zero-order valence-electron chi connectivity index (χ0n) is 9.14. The van der Waals surface area contributed by atoms with Gasteiger partial charge >= 0.3 is 12.0 Å². The van der Waals surface area contributed by atoms with E-state index in [-0.39, 0.29) is 17.0 Å². The van der Waals surface area contributed by atoms with E-state index in [9.17, 15) is 9.59 Å². The molecule has 17 heavy (non-hydrogen) atoms. The Balaban J connectivity index is 2.01. The summed E-state index contributed by atoms with van der Waals surface area (Å²) >= 11 is 0.948. The number of aromatic nitrogens is 1. The van der Waals surface area contributed by atoms with Gasteiger partial charge in [0.05, 0.1) is 5.69 Å². The van der Waals surface area contributed by atoms with Crippen LogP contribution in [-0.4, -0.2) is 46.1 Å². The molecule has 8 heteroatoms. The van der Waals surface area contributed by atoms with Crippen LogP contribution in [0, 0.1) is 6.92 Å². The first-order valence-electron chi connectivity index (χ1n) is 4.99. The minimum atomic E-state index is -1.04. The van der Waals surface area contributed by atoms with E-state index in [0.29, 0.717) is 23.9 Å². The lowest BCUT2D eigenvalue weighted by atomic mass is 10.1. The highest BCUT2D eigenvalue weighted by molar-refractivity contribution is 7.17. The van der Waals surface area contributed by atoms with Gasteiger partial charge in [-0.15, -0.1) is 0 Å². The van der Waals surface area contributed by atoms with Gasteiger partial charge in [-0.2, -0.15) is 0 Å². The van der Waals surface area contributed by atoms with E-state index in [2.05, 4.69) is 10.3 Å². The summed E-state index contributed by atoms with van der Waals surface area (Å²) in [5, 5.41) is 11.7. The predicted molar refractivity (Wildman–Crippen MR) is 62.4 cm³/mol. The molecule has 0 saturated carbocycles. The number of thiazole rings is 1. The second kappa shape index (κ2) is 4.30. The van der Waals surface area contributed by atoms with Crippen molar-refractivity contribution in [1.82, 2.24) is 9.88 Å². The number of amides is 2. The SMILES string of the molecule is Cc1nc(NC(=O)N2CC(N)C2)sc1C(=O)O. The van der Waals surface area contributed by atoms with Crippen LogP contribution in [0.2, 0.25) is 0 Å². The topological polar surface area (TPSA) is 109 Å². The summed E-state index contributed by atoms with van der Waals surface area (Å²) in [6, 6.07) is -0.259. The van der Waals surface area contributed by atoms with E-state index < -0.39 is 5.97 Å². The molecule has 1 fully saturated rings. The number of rotatable bonds is 2. The van der Waals surface area contributed by atoms with Crippen LogP contribution in [0.1, 0.15) is 15.4 Å². The van der Waals surface area contributed by atoms with Crippen LogP contribution >= 0.6 is 11.3 Å². The monoisotopic (exact) mass is 256 g/mol. The molecule has 0 atom stereocenters. The van der Waals surface area contributed by atoms with Crippen LogP contribution in [0.3, 0.4) is 0 Å². The van der Waals surface area contributed by atoms with Crippen molar-refractivity contribution in [1.29, 1.82) is 0 Å². The number of aryl methyl sites for hydroxylation is 1. The van der Waals surface area contributed by atoms with Crippen molar-refractivity contribution < 1.29 is 14.7 Å². The lowest BCUT2D eigenvalue weighted by Crippen LogP contribution is -2.58. The van der Waals surface area contributed by atoms with Crippen molar-refractivity contribution in [2.75, 3.05) is 18.4 Å². The predicted octanol–water partition coefficient (Wildman–Crippen LogP) is 0.325. The molecule has 1 aliphatic heterocycles. The molecule has 2 rings (SSSR count). The molecule has 1 saturated heterocycles. The van der Waals surface area contributed by atoms with Crippen LogP contribution in [0.5, 0.6) is 0 Å². The van der Waals surface area contributed by atoms with Gasteiger partial charge in [-0.3, -0.25) is 5.32 Å². The van der Waals surface area contributed by atoms with Crippen LogP contribution in [0.4, 0.5) is 9.93 Å². The molecule has 92 valence electrons. The maximum absolute atomic E-state index is 11.6. The Morgan fingerprint density at radius 2 is 2.24 bits per heavy atom. The Hall–Kier alpha value is -1.67. The molecule has 2 amide bonds. The Kier molecular flexibility index (Phi) is 2.99. The highest BCUT2D eigenvalue weighted by atomic mass is 32.1. The van der Waals surface area contributed by atoms with Crippen LogP contribution in [-0.2, 0) is 0 Å². The van der Waals surface area contributed by atoms with Crippen molar-refractivity contribution >= 4 is 28.5 Å². The third-order valence-electron chi connectivity index (χ3n) is 2.40. The summed E-state index contributed by atoms with van der Waals surface area (Å²) in [5.41, 5.74) is 5.96. The maximum Gasteiger partial charge on any atom is 0.347 e. The zero-order valence-corrected chi connectivity index (χ0v) is 9.95. The zero-order chi connectivity index (χ0) is 12.6. The average Bonchev–Trinajstić information content (AvgIpc) is 2.54. The largest absolute Gasteiger partial charge is 0.477 e. The highest BCUT2D eigenvalue weighted by Gasteiger charge is 2.28. The number of carbonyl (C=O) groups is 2. The number of aromatic carboxylic acids is 1. The molecule has 0 aromatic carbocycles. The number of urea groups is 1. The van der Waals surface area contributed by atoms with E-state index >= 15 is 0 Å². The van der Waals surface area contributed by atoms with Crippen molar-refractivity contribution in [3.63, 3.8) is 0 Å². The van der Waals surface area contributed by atoms with Gasteiger partial charge in [0.2, 0.25) is 0 Å². The fraction of sp³-hybridized carbons (Fsp3) is 0.444. The minimum Gasteiger partial charge on any atom is -0.477 e. The summed E-state index contributed by atoms with van der Waals surface area (Å²) in [5.74, 6) is -1.04. The number of nitrogens with two attached hydrogens (primary N) is 1. The fourth-order valence-corrected chi connectivity index (χ4v) is 2.29. The molecule has 4 N–H and O–H groups in total. The smallest absolute Gasteiger partial charge is 0.347 e. The van der Waals surface area contributed by atoms with Crippen molar-refractivity contribution in [2.45, 2.75) is 13.0 Å². The van der Waals surface area contributed by atoms with Gasteiger partial charge in [-0.25, -0.2) is 14.6 Å². The van der Waals surface area contributed by atoms with Gasteiger partial charge < -0.3 is 15.7 Å². The first kappa shape index (κ1) is 11.8. The maximum atomic E-state index is 11.6. The average molecular weight is 256 g/mol. The van der Waals surface area contributed by atoms with Crippen molar-refractivity contribution in [2.24, 2.45) is 5.73 Å². The quantitative estimate of drug-likeness (QED) is 0.706. The van der Waals surface area contributed by atoms with Gasteiger partial charge in [0, 0.05) is 19.1 Å². The summed E-state index contributed by atoms with van der Waals surface area (Å²) in [7, 11) is 0. The van der Waals surface area contributed by atoms with E-state index in [1.807, 2.05) is 0 Å². The van der Waals surface area contributed by atoms with Crippen LogP contribution in [0.25, 0.3) is 0 Å². The van der Waals surface area contributed by atoms with E-state index in [1.165, 1.54) is 0 Å². The van der Waals surface area contributed by atoms with E-state index in [4.69, 9.17) is 10.8 Å². The normalized spacial score (nSPS) is 15.5. The lowest BCUT2D eigenvalue weighted by Gasteiger charge is -2.36. The fourth-order valence-electron chi connectivity index (χ4n) is 1.50. The van der Waals surface area contributed by atoms with Gasteiger partial charge in [-0.05, 0) is 6.92 Å². The number of carboxylic acids is 1. The molecule has 0 spiro atoms. The third-order valence-corrected chi connectivity index (χ3v) is 3.46. The summed E-state index contributed by atoms with van der Waals surface area (Å²) in [4.78, 5) is 28.1. The molecule has 2 heterocycles. The number of nitrogens with one attached hydrogen (secondary N) is 1.